The molecular formula is C11H13NO3. The highest BCUT2D eigenvalue weighted by Crippen LogP contribution is 2.25. The smallest absolute Gasteiger partial charge is 0.238 e. The van der Waals surface area contributed by atoms with Crippen molar-refractivity contribution in [2.45, 2.75) is 13.8 Å². The molecule has 1 rings (SSSR count). The summed E-state index contributed by atoms with van der Waals surface area (Å²) in [7, 11) is 0. The average Bonchev–Trinajstić information content (AvgIpc) is 2.18. The van der Waals surface area contributed by atoms with E-state index < -0.39 is 4.92 Å². The number of para-hydroxylation sites is 1. The summed E-state index contributed by atoms with van der Waals surface area (Å²) in [6.07, 6.45) is 0.984. The summed E-state index contributed by atoms with van der Waals surface area (Å²) in [5, 5.41) is 10.3. The van der Waals surface area contributed by atoms with Crippen LogP contribution in [0.4, 0.5) is 0 Å². The van der Waals surface area contributed by atoms with Crippen LogP contribution in [-0.2, 0) is 0 Å². The molecule has 0 bridgehead atoms. The topological polar surface area (TPSA) is 52.4 Å². The van der Waals surface area contributed by atoms with Crippen LogP contribution >= 0.6 is 0 Å². The first-order valence-corrected chi connectivity index (χ1v) is 4.69. The third-order valence-electron chi connectivity index (χ3n) is 1.91. The maximum absolute atomic E-state index is 10.3. The van der Waals surface area contributed by atoms with Crippen molar-refractivity contribution >= 4 is 5.57 Å². The van der Waals surface area contributed by atoms with Crippen LogP contribution < -0.4 is 4.74 Å². The second-order valence-corrected chi connectivity index (χ2v) is 3.03. The third-order valence-corrected chi connectivity index (χ3v) is 1.91. The van der Waals surface area contributed by atoms with Crippen molar-refractivity contribution < 1.29 is 9.66 Å². The average molecular weight is 207 g/mol. The van der Waals surface area contributed by atoms with Crippen LogP contribution in [0.3, 0.4) is 0 Å². The van der Waals surface area contributed by atoms with Gasteiger partial charge < -0.3 is 4.74 Å². The molecule has 0 N–H and O–H groups in total. The molecule has 1 aromatic carbocycles. The van der Waals surface area contributed by atoms with Crippen LogP contribution in [0, 0.1) is 10.1 Å². The summed E-state index contributed by atoms with van der Waals surface area (Å²) < 4.78 is 5.38. The van der Waals surface area contributed by atoms with Gasteiger partial charge in [0, 0.05) is 11.1 Å². The minimum Gasteiger partial charge on any atom is -0.493 e. The summed E-state index contributed by atoms with van der Waals surface area (Å²) in [6.45, 7) is 4.12. The maximum atomic E-state index is 10.3. The van der Waals surface area contributed by atoms with E-state index in [0.717, 1.165) is 11.8 Å². The molecule has 4 heteroatoms. The minimum absolute atomic E-state index is 0.460. The van der Waals surface area contributed by atoms with Gasteiger partial charge in [-0.05, 0) is 19.9 Å². The van der Waals surface area contributed by atoms with E-state index in [1.165, 1.54) is 0 Å². The summed E-state index contributed by atoms with van der Waals surface area (Å²) in [5.41, 5.74) is 1.35. The molecule has 0 saturated heterocycles. The zero-order chi connectivity index (χ0) is 11.3. The highest BCUT2D eigenvalue weighted by atomic mass is 16.6. The van der Waals surface area contributed by atoms with Crippen molar-refractivity contribution in [3.05, 3.63) is 46.1 Å². The number of allylic oxidation sites excluding steroid dienone is 1. The van der Waals surface area contributed by atoms with Crippen molar-refractivity contribution in [3.63, 3.8) is 0 Å². The van der Waals surface area contributed by atoms with Gasteiger partial charge in [-0.1, -0.05) is 18.2 Å². The van der Waals surface area contributed by atoms with Crippen molar-refractivity contribution in [1.82, 2.24) is 0 Å². The fourth-order valence-corrected chi connectivity index (χ4v) is 1.30. The van der Waals surface area contributed by atoms with Gasteiger partial charge in [0.15, 0.2) is 0 Å². The van der Waals surface area contributed by atoms with Crippen LogP contribution in [0.25, 0.3) is 5.57 Å². The molecule has 0 radical (unpaired) electrons. The molecule has 0 atom stereocenters. The van der Waals surface area contributed by atoms with E-state index in [0.29, 0.717) is 17.9 Å². The minimum atomic E-state index is -0.460. The Morgan fingerprint density at radius 1 is 1.53 bits per heavy atom. The molecule has 0 aliphatic rings. The number of ether oxygens (including phenoxy) is 1. The molecule has 1 aromatic rings. The Kier molecular flexibility index (Phi) is 3.85. The normalized spacial score (nSPS) is 11.2. The molecule has 15 heavy (non-hydrogen) atoms. The summed E-state index contributed by atoms with van der Waals surface area (Å²) in [4.78, 5) is 9.88. The van der Waals surface area contributed by atoms with Crippen molar-refractivity contribution in [3.8, 4) is 5.75 Å². The first kappa shape index (κ1) is 11.2. The first-order valence-electron chi connectivity index (χ1n) is 4.69. The van der Waals surface area contributed by atoms with Gasteiger partial charge in [0.05, 0.1) is 11.5 Å². The zero-order valence-corrected chi connectivity index (χ0v) is 8.77. The number of nitrogens with zero attached hydrogens (tertiary/aromatic N) is 1. The molecule has 4 nitrogen and oxygen atoms in total. The van der Waals surface area contributed by atoms with Crippen LogP contribution in [-0.4, -0.2) is 11.5 Å². The van der Waals surface area contributed by atoms with Gasteiger partial charge in [-0.15, -0.1) is 0 Å². The fraction of sp³-hybridized carbons (Fsp3) is 0.273. The number of benzene rings is 1. The van der Waals surface area contributed by atoms with E-state index in [9.17, 15) is 10.1 Å². The molecule has 0 fully saturated rings. The molecule has 0 unspecified atom stereocenters. The number of rotatable bonds is 4. The van der Waals surface area contributed by atoms with E-state index in [1.54, 1.807) is 19.1 Å². The predicted octanol–water partition coefficient (Wildman–Crippen LogP) is 2.72. The largest absolute Gasteiger partial charge is 0.493 e. The lowest BCUT2D eigenvalue weighted by Crippen LogP contribution is -1.96. The van der Waals surface area contributed by atoms with Gasteiger partial charge in [-0.25, -0.2) is 0 Å². The van der Waals surface area contributed by atoms with Gasteiger partial charge in [-0.2, -0.15) is 0 Å². The summed E-state index contributed by atoms with van der Waals surface area (Å²) in [5.74, 6) is 0.676. The maximum Gasteiger partial charge on any atom is 0.238 e. The SMILES string of the molecule is CCOc1ccccc1/C(C)=C/[N+](=O)[O-]. The molecule has 0 amide bonds. The Morgan fingerprint density at radius 2 is 2.20 bits per heavy atom. The van der Waals surface area contributed by atoms with Crippen molar-refractivity contribution in [2.75, 3.05) is 6.61 Å². The van der Waals surface area contributed by atoms with Crippen LogP contribution in [0.1, 0.15) is 19.4 Å². The standard InChI is InChI=1S/C11H13NO3/c1-3-15-11-7-5-4-6-10(11)9(2)8-12(13)14/h4-8H,3H2,1-2H3/b9-8+. The van der Waals surface area contributed by atoms with E-state index in [1.807, 2.05) is 19.1 Å². The number of hydrogen-bond donors (Lipinski definition) is 0. The lowest BCUT2D eigenvalue weighted by molar-refractivity contribution is -0.401. The van der Waals surface area contributed by atoms with Gasteiger partial charge in [0.2, 0.25) is 6.20 Å². The lowest BCUT2D eigenvalue weighted by atomic mass is 10.1. The Labute approximate surface area is 88.3 Å². The van der Waals surface area contributed by atoms with Gasteiger partial charge >= 0.3 is 0 Å². The van der Waals surface area contributed by atoms with E-state index in [4.69, 9.17) is 4.74 Å². The monoisotopic (exact) mass is 207 g/mol. The van der Waals surface area contributed by atoms with Crippen molar-refractivity contribution in [1.29, 1.82) is 0 Å². The van der Waals surface area contributed by atoms with Gasteiger partial charge in [0.1, 0.15) is 5.75 Å². The molecule has 0 spiro atoms. The molecule has 0 heterocycles. The Balaban J connectivity index is 3.07. The molecule has 0 saturated carbocycles. The van der Waals surface area contributed by atoms with Gasteiger partial charge in [-0.3, -0.25) is 10.1 Å². The van der Waals surface area contributed by atoms with E-state index >= 15 is 0 Å². The summed E-state index contributed by atoms with van der Waals surface area (Å²) in [6, 6.07) is 7.28. The Hall–Kier alpha value is -1.84. The Morgan fingerprint density at radius 3 is 2.80 bits per heavy atom. The van der Waals surface area contributed by atoms with E-state index in [2.05, 4.69) is 0 Å². The van der Waals surface area contributed by atoms with Gasteiger partial charge in [0.25, 0.3) is 0 Å². The summed E-state index contributed by atoms with van der Waals surface area (Å²) >= 11 is 0. The van der Waals surface area contributed by atoms with E-state index in [-0.39, 0.29) is 0 Å². The second-order valence-electron chi connectivity index (χ2n) is 3.03. The molecule has 80 valence electrons. The predicted molar refractivity (Wildman–Crippen MR) is 58.3 cm³/mol. The highest BCUT2D eigenvalue weighted by Gasteiger charge is 2.06. The highest BCUT2D eigenvalue weighted by molar-refractivity contribution is 5.67. The molecule has 0 aromatic heterocycles. The molecular weight excluding hydrogens is 194 g/mol. The first-order chi connectivity index (χ1) is 7.15. The second kappa shape index (κ2) is 5.14. The van der Waals surface area contributed by atoms with Crippen LogP contribution in [0.2, 0.25) is 0 Å². The van der Waals surface area contributed by atoms with Crippen molar-refractivity contribution in [2.24, 2.45) is 0 Å². The van der Waals surface area contributed by atoms with Crippen LogP contribution in [0.5, 0.6) is 5.75 Å². The van der Waals surface area contributed by atoms with Crippen LogP contribution in [0.15, 0.2) is 30.5 Å². The fourth-order valence-electron chi connectivity index (χ4n) is 1.30. The quantitative estimate of drug-likeness (QED) is 0.563. The molecule has 0 aliphatic carbocycles. The lowest BCUT2D eigenvalue weighted by Gasteiger charge is -2.08. The number of hydrogen-bond acceptors (Lipinski definition) is 3. The molecule has 0 aliphatic heterocycles. The third kappa shape index (κ3) is 3.09. The number of nitro groups is 1. The zero-order valence-electron chi connectivity index (χ0n) is 8.77. The Bertz CT molecular complexity index is 385.